The molecule has 0 aliphatic heterocycles. The number of nitrogens with zero attached hydrogens (tertiary/aromatic N) is 3. The molecule has 94 valence electrons. The first-order chi connectivity index (χ1) is 8.63. The number of aromatic nitrogens is 3. The minimum Gasteiger partial charge on any atom is -0.461 e. The summed E-state index contributed by atoms with van der Waals surface area (Å²) >= 11 is 0. The Morgan fingerprint density at radius 2 is 1.94 bits per heavy atom. The van der Waals surface area contributed by atoms with Crippen molar-refractivity contribution in [2.75, 3.05) is 6.61 Å². The van der Waals surface area contributed by atoms with E-state index in [1.165, 1.54) is 5.56 Å². The van der Waals surface area contributed by atoms with Crippen molar-refractivity contribution in [1.82, 2.24) is 15.0 Å². The number of rotatable bonds is 3. The Labute approximate surface area is 105 Å². The molecule has 0 bridgehead atoms. The fraction of sp³-hybridized carbons (Fsp3) is 0.308. The van der Waals surface area contributed by atoms with Crippen LogP contribution < -0.4 is 0 Å². The summed E-state index contributed by atoms with van der Waals surface area (Å²) in [6.45, 7) is 5.90. The number of carbonyl (C=O) groups excluding carboxylic acids is 1. The number of benzene rings is 1. The maximum absolute atomic E-state index is 11.6. The third-order valence-electron chi connectivity index (χ3n) is 2.64. The lowest BCUT2D eigenvalue weighted by molar-refractivity contribution is 0.0518. The van der Waals surface area contributed by atoms with Gasteiger partial charge in [-0.1, -0.05) is 22.9 Å². The van der Waals surface area contributed by atoms with E-state index in [9.17, 15) is 4.79 Å². The van der Waals surface area contributed by atoms with E-state index < -0.39 is 5.97 Å². The van der Waals surface area contributed by atoms with Gasteiger partial charge in [-0.25, -0.2) is 9.48 Å². The Bertz CT molecular complexity index is 558. The van der Waals surface area contributed by atoms with Gasteiger partial charge in [-0.05, 0) is 32.9 Å². The van der Waals surface area contributed by atoms with E-state index in [2.05, 4.69) is 10.3 Å². The highest BCUT2D eigenvalue weighted by Crippen LogP contribution is 2.13. The maximum Gasteiger partial charge on any atom is 0.360 e. The molecule has 2 rings (SSSR count). The lowest BCUT2D eigenvalue weighted by Crippen LogP contribution is -2.07. The highest BCUT2D eigenvalue weighted by molar-refractivity contribution is 5.88. The molecule has 0 saturated heterocycles. The molecule has 5 heteroatoms. The SMILES string of the molecule is CCOC(=O)c1nnn(-c2ccc(C)cc2)c1C. The second-order valence-corrected chi connectivity index (χ2v) is 3.99. The minimum atomic E-state index is -0.437. The minimum absolute atomic E-state index is 0.262. The quantitative estimate of drug-likeness (QED) is 0.777. The molecule has 0 amide bonds. The molecular weight excluding hydrogens is 230 g/mol. The second-order valence-electron chi connectivity index (χ2n) is 3.99. The highest BCUT2D eigenvalue weighted by Gasteiger charge is 2.17. The van der Waals surface area contributed by atoms with Crippen LogP contribution in [0.5, 0.6) is 0 Å². The summed E-state index contributed by atoms with van der Waals surface area (Å²) in [5, 5.41) is 7.86. The average molecular weight is 245 g/mol. The zero-order valence-corrected chi connectivity index (χ0v) is 10.7. The van der Waals surface area contributed by atoms with Crippen LogP contribution in [0.2, 0.25) is 0 Å². The van der Waals surface area contributed by atoms with Gasteiger partial charge in [0, 0.05) is 0 Å². The second kappa shape index (κ2) is 5.00. The van der Waals surface area contributed by atoms with E-state index in [0.29, 0.717) is 12.3 Å². The lowest BCUT2D eigenvalue weighted by Gasteiger charge is -2.04. The van der Waals surface area contributed by atoms with Crippen molar-refractivity contribution in [2.45, 2.75) is 20.8 Å². The van der Waals surface area contributed by atoms with E-state index in [0.717, 1.165) is 5.69 Å². The lowest BCUT2D eigenvalue weighted by atomic mass is 10.2. The van der Waals surface area contributed by atoms with Gasteiger partial charge in [-0.3, -0.25) is 0 Å². The first-order valence-corrected chi connectivity index (χ1v) is 5.80. The number of aryl methyl sites for hydroxylation is 1. The highest BCUT2D eigenvalue weighted by atomic mass is 16.5. The van der Waals surface area contributed by atoms with Crippen LogP contribution in [0.25, 0.3) is 5.69 Å². The molecule has 0 aliphatic rings. The van der Waals surface area contributed by atoms with Gasteiger partial charge in [0.25, 0.3) is 0 Å². The largest absolute Gasteiger partial charge is 0.461 e. The normalized spacial score (nSPS) is 10.4. The van der Waals surface area contributed by atoms with Crippen molar-refractivity contribution in [3.63, 3.8) is 0 Å². The van der Waals surface area contributed by atoms with E-state index >= 15 is 0 Å². The van der Waals surface area contributed by atoms with Crippen LogP contribution in [0, 0.1) is 13.8 Å². The topological polar surface area (TPSA) is 57.0 Å². The van der Waals surface area contributed by atoms with E-state index in [4.69, 9.17) is 4.74 Å². The average Bonchev–Trinajstić information content (AvgIpc) is 2.73. The predicted molar refractivity (Wildman–Crippen MR) is 66.8 cm³/mol. The smallest absolute Gasteiger partial charge is 0.360 e. The number of carbonyl (C=O) groups is 1. The van der Waals surface area contributed by atoms with E-state index in [1.54, 1.807) is 18.5 Å². The molecule has 1 aromatic carbocycles. The Morgan fingerprint density at radius 3 is 2.56 bits per heavy atom. The van der Waals surface area contributed by atoms with Crippen molar-refractivity contribution in [3.8, 4) is 5.69 Å². The van der Waals surface area contributed by atoms with Crippen LogP contribution in [-0.4, -0.2) is 27.6 Å². The van der Waals surface area contributed by atoms with Gasteiger partial charge in [0.05, 0.1) is 18.0 Å². The molecule has 0 N–H and O–H groups in total. The van der Waals surface area contributed by atoms with Gasteiger partial charge >= 0.3 is 5.97 Å². The van der Waals surface area contributed by atoms with Gasteiger partial charge in [-0.15, -0.1) is 5.10 Å². The van der Waals surface area contributed by atoms with Crippen LogP contribution in [-0.2, 0) is 4.74 Å². The molecule has 1 aromatic heterocycles. The molecule has 0 radical (unpaired) electrons. The zero-order valence-electron chi connectivity index (χ0n) is 10.7. The first-order valence-electron chi connectivity index (χ1n) is 5.80. The first kappa shape index (κ1) is 12.3. The van der Waals surface area contributed by atoms with Crippen LogP contribution in [0.1, 0.15) is 28.7 Å². The molecule has 0 spiro atoms. The summed E-state index contributed by atoms with van der Waals surface area (Å²) in [6.07, 6.45) is 0. The van der Waals surface area contributed by atoms with Gasteiger partial charge in [0.1, 0.15) is 0 Å². The van der Waals surface area contributed by atoms with Crippen LogP contribution in [0.4, 0.5) is 0 Å². The predicted octanol–water partition coefficient (Wildman–Crippen LogP) is 2.06. The Morgan fingerprint density at radius 1 is 1.28 bits per heavy atom. The van der Waals surface area contributed by atoms with Crippen molar-refractivity contribution in [2.24, 2.45) is 0 Å². The molecule has 0 fully saturated rings. The summed E-state index contributed by atoms with van der Waals surface area (Å²) in [4.78, 5) is 11.6. The summed E-state index contributed by atoms with van der Waals surface area (Å²) in [6, 6.07) is 7.85. The van der Waals surface area contributed by atoms with Gasteiger partial charge in [0.2, 0.25) is 0 Å². The van der Waals surface area contributed by atoms with Crippen molar-refractivity contribution < 1.29 is 9.53 Å². The van der Waals surface area contributed by atoms with Crippen molar-refractivity contribution >= 4 is 5.97 Å². The third-order valence-corrected chi connectivity index (χ3v) is 2.64. The fourth-order valence-electron chi connectivity index (χ4n) is 1.65. The van der Waals surface area contributed by atoms with E-state index in [1.807, 2.05) is 31.2 Å². The molecule has 0 atom stereocenters. The van der Waals surface area contributed by atoms with Crippen LogP contribution in [0.15, 0.2) is 24.3 Å². The maximum atomic E-state index is 11.6. The Hall–Kier alpha value is -2.17. The van der Waals surface area contributed by atoms with Gasteiger partial charge < -0.3 is 4.74 Å². The fourth-order valence-corrected chi connectivity index (χ4v) is 1.65. The third kappa shape index (κ3) is 2.25. The van der Waals surface area contributed by atoms with Crippen LogP contribution >= 0.6 is 0 Å². The molecular formula is C13H15N3O2. The number of ether oxygens (including phenoxy) is 1. The number of hydrogen-bond acceptors (Lipinski definition) is 4. The van der Waals surface area contributed by atoms with Gasteiger partial charge in [0.15, 0.2) is 5.69 Å². The molecule has 0 saturated carbocycles. The molecule has 0 unspecified atom stereocenters. The summed E-state index contributed by atoms with van der Waals surface area (Å²) < 4.78 is 6.55. The Balaban J connectivity index is 2.36. The summed E-state index contributed by atoms with van der Waals surface area (Å²) in [7, 11) is 0. The number of hydrogen-bond donors (Lipinski definition) is 0. The number of esters is 1. The molecule has 18 heavy (non-hydrogen) atoms. The van der Waals surface area contributed by atoms with Gasteiger partial charge in [-0.2, -0.15) is 0 Å². The molecule has 2 aromatic rings. The zero-order chi connectivity index (χ0) is 13.1. The monoisotopic (exact) mass is 245 g/mol. The molecule has 0 aliphatic carbocycles. The van der Waals surface area contributed by atoms with Crippen molar-refractivity contribution in [1.29, 1.82) is 0 Å². The van der Waals surface area contributed by atoms with Crippen molar-refractivity contribution in [3.05, 3.63) is 41.2 Å². The van der Waals surface area contributed by atoms with E-state index in [-0.39, 0.29) is 5.69 Å². The molecule has 5 nitrogen and oxygen atoms in total. The van der Waals surface area contributed by atoms with Crippen LogP contribution in [0.3, 0.4) is 0 Å². The Kier molecular flexibility index (Phi) is 3.41. The summed E-state index contributed by atoms with van der Waals surface area (Å²) in [5.74, 6) is -0.437. The summed E-state index contributed by atoms with van der Waals surface area (Å²) in [5.41, 5.74) is 2.98. The molecule has 1 heterocycles. The standard InChI is InChI=1S/C13H15N3O2/c1-4-18-13(17)12-10(3)16(15-14-12)11-7-5-9(2)6-8-11/h5-8H,4H2,1-3H3.